The molecule has 0 radical (unpaired) electrons. The number of nitrogens with one attached hydrogen (secondary N) is 2. The van der Waals surface area contributed by atoms with Gasteiger partial charge in [0.25, 0.3) is 0 Å². The van der Waals surface area contributed by atoms with E-state index < -0.39 is 0 Å². The summed E-state index contributed by atoms with van der Waals surface area (Å²) in [5.74, 6) is 0.0616. The summed E-state index contributed by atoms with van der Waals surface area (Å²) < 4.78 is 1.76. The largest absolute Gasteiger partial charge is 0.349 e. The standard InChI is InChI=1S/C17H20Cl2N4O.ClH/c1-10(11-3-4-15(18)16(19)5-11)22-17(24)14-8-20-7-13(14)12-6-21-23(2)9-12;/h3-6,9-10,13-14,20H,7-8H2,1-2H3,(H,22,24);1H/t10?,13-,14+;/m1./s1. The number of carbonyl (C=O) groups excluding carboxylic acids is 1. The van der Waals surface area contributed by atoms with Crippen LogP contribution in [-0.2, 0) is 11.8 Å². The smallest absolute Gasteiger partial charge is 0.225 e. The minimum absolute atomic E-state index is 0. The van der Waals surface area contributed by atoms with Crippen molar-refractivity contribution in [1.82, 2.24) is 20.4 Å². The molecule has 136 valence electrons. The first-order valence-corrected chi connectivity index (χ1v) is 8.66. The maximum atomic E-state index is 12.7. The molecule has 2 heterocycles. The fourth-order valence-corrected chi connectivity index (χ4v) is 3.43. The van der Waals surface area contributed by atoms with E-state index in [4.69, 9.17) is 23.2 Å². The lowest BCUT2D eigenvalue weighted by atomic mass is 9.90. The number of carbonyl (C=O) groups is 1. The summed E-state index contributed by atoms with van der Waals surface area (Å²) in [6.07, 6.45) is 3.81. The van der Waals surface area contributed by atoms with Crippen LogP contribution in [0.15, 0.2) is 30.6 Å². The van der Waals surface area contributed by atoms with Crippen molar-refractivity contribution in [3.63, 3.8) is 0 Å². The quantitative estimate of drug-likeness (QED) is 0.823. The van der Waals surface area contributed by atoms with Crippen molar-refractivity contribution >= 4 is 41.5 Å². The Morgan fingerprint density at radius 3 is 2.76 bits per heavy atom. The monoisotopic (exact) mass is 402 g/mol. The molecule has 1 aromatic carbocycles. The third-order valence-electron chi connectivity index (χ3n) is 4.51. The second-order valence-electron chi connectivity index (χ2n) is 6.22. The van der Waals surface area contributed by atoms with Crippen LogP contribution in [0.1, 0.15) is 30.0 Å². The van der Waals surface area contributed by atoms with Gasteiger partial charge in [-0.15, -0.1) is 12.4 Å². The summed E-state index contributed by atoms with van der Waals surface area (Å²) >= 11 is 12.0. The van der Waals surface area contributed by atoms with Crippen LogP contribution < -0.4 is 10.6 Å². The lowest BCUT2D eigenvalue weighted by molar-refractivity contribution is -0.125. The van der Waals surface area contributed by atoms with Crippen LogP contribution in [0, 0.1) is 5.92 Å². The molecule has 1 aliphatic heterocycles. The number of aromatic nitrogens is 2. The number of hydrogen-bond donors (Lipinski definition) is 2. The second-order valence-corrected chi connectivity index (χ2v) is 7.04. The molecule has 2 N–H and O–H groups in total. The SMILES string of the molecule is CC(NC(=O)[C@H]1CNC[C@@H]1c1cnn(C)c1)c1ccc(Cl)c(Cl)c1.Cl. The molecule has 1 unspecified atom stereocenters. The number of amides is 1. The van der Waals surface area contributed by atoms with Crippen LogP contribution >= 0.6 is 35.6 Å². The van der Waals surface area contributed by atoms with E-state index in [-0.39, 0.29) is 36.2 Å². The van der Waals surface area contributed by atoms with Crippen LogP contribution in [0.25, 0.3) is 0 Å². The van der Waals surface area contributed by atoms with Gasteiger partial charge in [0.2, 0.25) is 5.91 Å². The highest BCUT2D eigenvalue weighted by Gasteiger charge is 2.35. The van der Waals surface area contributed by atoms with Gasteiger partial charge in [0, 0.05) is 32.3 Å². The van der Waals surface area contributed by atoms with Gasteiger partial charge < -0.3 is 10.6 Å². The molecule has 0 bridgehead atoms. The van der Waals surface area contributed by atoms with Gasteiger partial charge in [-0.1, -0.05) is 29.3 Å². The van der Waals surface area contributed by atoms with E-state index in [2.05, 4.69) is 15.7 Å². The predicted molar refractivity (Wildman–Crippen MR) is 103 cm³/mol. The van der Waals surface area contributed by atoms with E-state index in [1.54, 1.807) is 16.8 Å². The fourth-order valence-electron chi connectivity index (χ4n) is 3.12. The van der Waals surface area contributed by atoms with E-state index in [1.165, 1.54) is 0 Å². The van der Waals surface area contributed by atoms with Crippen molar-refractivity contribution in [1.29, 1.82) is 0 Å². The zero-order chi connectivity index (χ0) is 17.3. The number of nitrogens with zero attached hydrogens (tertiary/aromatic N) is 2. The van der Waals surface area contributed by atoms with E-state index in [1.807, 2.05) is 32.4 Å². The molecule has 0 aliphatic carbocycles. The van der Waals surface area contributed by atoms with Crippen LogP contribution in [-0.4, -0.2) is 28.8 Å². The first kappa shape index (κ1) is 20.0. The van der Waals surface area contributed by atoms with Gasteiger partial charge in [-0.2, -0.15) is 5.10 Å². The zero-order valence-corrected chi connectivity index (χ0v) is 16.3. The van der Waals surface area contributed by atoms with E-state index in [9.17, 15) is 4.79 Å². The summed E-state index contributed by atoms with van der Waals surface area (Å²) in [7, 11) is 1.88. The molecule has 2 aromatic rings. The number of rotatable bonds is 4. The Kier molecular flexibility index (Phi) is 6.74. The van der Waals surface area contributed by atoms with Gasteiger partial charge in [0.15, 0.2) is 0 Å². The van der Waals surface area contributed by atoms with Gasteiger partial charge >= 0.3 is 0 Å². The molecular weight excluding hydrogens is 383 g/mol. The zero-order valence-electron chi connectivity index (χ0n) is 14.0. The maximum absolute atomic E-state index is 12.7. The van der Waals surface area contributed by atoms with Gasteiger partial charge in [0.05, 0.1) is 28.2 Å². The molecule has 0 spiro atoms. The van der Waals surface area contributed by atoms with Crippen LogP contribution in [0.2, 0.25) is 10.0 Å². The number of halogens is 3. The summed E-state index contributed by atoms with van der Waals surface area (Å²) in [6.45, 7) is 3.39. The summed E-state index contributed by atoms with van der Waals surface area (Å²) in [4.78, 5) is 12.7. The molecule has 1 amide bonds. The molecule has 25 heavy (non-hydrogen) atoms. The molecule has 3 atom stereocenters. The number of benzene rings is 1. The van der Waals surface area contributed by atoms with Crippen LogP contribution in [0.5, 0.6) is 0 Å². The van der Waals surface area contributed by atoms with Gasteiger partial charge in [0.1, 0.15) is 0 Å². The lowest BCUT2D eigenvalue weighted by Crippen LogP contribution is -2.36. The Morgan fingerprint density at radius 2 is 2.12 bits per heavy atom. The van der Waals surface area contributed by atoms with E-state index >= 15 is 0 Å². The summed E-state index contributed by atoms with van der Waals surface area (Å²) in [6, 6.07) is 5.28. The number of hydrogen-bond acceptors (Lipinski definition) is 3. The second kappa shape index (κ2) is 8.41. The minimum atomic E-state index is -0.137. The van der Waals surface area contributed by atoms with Crippen LogP contribution in [0.3, 0.4) is 0 Å². The molecule has 8 heteroatoms. The number of aryl methyl sites for hydroxylation is 1. The highest BCUT2D eigenvalue weighted by Crippen LogP contribution is 2.29. The first-order valence-electron chi connectivity index (χ1n) is 7.90. The highest BCUT2D eigenvalue weighted by molar-refractivity contribution is 6.42. The molecule has 0 saturated carbocycles. The topological polar surface area (TPSA) is 59.0 Å². The first-order chi connectivity index (χ1) is 11.5. The molecule has 3 rings (SSSR count). The van der Waals surface area contributed by atoms with E-state index in [0.717, 1.165) is 17.7 Å². The lowest BCUT2D eigenvalue weighted by Gasteiger charge is -2.21. The van der Waals surface area contributed by atoms with Crippen molar-refractivity contribution < 1.29 is 4.79 Å². The molecule has 1 fully saturated rings. The summed E-state index contributed by atoms with van der Waals surface area (Å²) in [5.41, 5.74) is 2.02. The molecule has 1 saturated heterocycles. The Bertz CT molecular complexity index is 749. The van der Waals surface area contributed by atoms with Crippen molar-refractivity contribution in [3.8, 4) is 0 Å². The Morgan fingerprint density at radius 1 is 1.36 bits per heavy atom. The third kappa shape index (κ3) is 4.47. The molecule has 1 aliphatic rings. The summed E-state index contributed by atoms with van der Waals surface area (Å²) in [5, 5.41) is 11.6. The predicted octanol–water partition coefficient (Wildman–Crippen LogP) is 3.33. The van der Waals surface area contributed by atoms with Crippen molar-refractivity contribution in [3.05, 3.63) is 51.8 Å². The van der Waals surface area contributed by atoms with E-state index in [0.29, 0.717) is 16.6 Å². The Hall–Kier alpha value is -1.27. The van der Waals surface area contributed by atoms with Crippen molar-refractivity contribution in [2.75, 3.05) is 13.1 Å². The normalized spacial score (nSPS) is 20.8. The van der Waals surface area contributed by atoms with Crippen molar-refractivity contribution in [2.24, 2.45) is 13.0 Å². The third-order valence-corrected chi connectivity index (χ3v) is 5.25. The van der Waals surface area contributed by atoms with Crippen LogP contribution in [0.4, 0.5) is 0 Å². The van der Waals surface area contributed by atoms with Crippen molar-refractivity contribution in [2.45, 2.75) is 18.9 Å². The molecule has 1 aromatic heterocycles. The van der Waals surface area contributed by atoms with Gasteiger partial charge in [-0.3, -0.25) is 9.48 Å². The van der Waals surface area contributed by atoms with Gasteiger partial charge in [-0.25, -0.2) is 0 Å². The fraction of sp³-hybridized carbons (Fsp3) is 0.412. The maximum Gasteiger partial charge on any atom is 0.225 e. The molecule has 5 nitrogen and oxygen atoms in total. The average Bonchev–Trinajstić information content (AvgIpc) is 3.18. The Labute approximate surface area is 163 Å². The molecular formula is C17H21Cl3N4O. The Balaban J connectivity index is 0.00000225. The average molecular weight is 404 g/mol. The highest BCUT2D eigenvalue weighted by atomic mass is 35.5. The van der Waals surface area contributed by atoms with Gasteiger partial charge in [-0.05, 0) is 30.2 Å². The minimum Gasteiger partial charge on any atom is -0.349 e.